The lowest BCUT2D eigenvalue weighted by atomic mass is 9.98. The van der Waals surface area contributed by atoms with Crippen molar-refractivity contribution in [2.45, 2.75) is 19.4 Å². The van der Waals surface area contributed by atoms with E-state index in [1.165, 1.54) is 12.1 Å². The van der Waals surface area contributed by atoms with E-state index in [0.29, 0.717) is 12.5 Å². The van der Waals surface area contributed by atoms with Crippen LogP contribution in [0, 0.1) is 23.1 Å². The van der Waals surface area contributed by atoms with Gasteiger partial charge in [-0.1, -0.05) is 0 Å². The van der Waals surface area contributed by atoms with Gasteiger partial charge in [-0.05, 0) is 55.6 Å². The number of nitrogens with one attached hydrogen (secondary N) is 2. The SMILES string of the molecule is N#Cc1ccc(NC(=O)NC[C@H]2CCCN(Cc3ccco3)C2)c(F)c1. The Kier molecular flexibility index (Phi) is 5.87. The summed E-state index contributed by atoms with van der Waals surface area (Å²) in [5.41, 5.74) is 0.275. The Labute approximate surface area is 151 Å². The van der Waals surface area contributed by atoms with Crippen molar-refractivity contribution in [3.05, 3.63) is 53.7 Å². The highest BCUT2D eigenvalue weighted by atomic mass is 19.1. The molecule has 0 bridgehead atoms. The molecule has 1 atom stereocenters. The number of urea groups is 1. The summed E-state index contributed by atoms with van der Waals surface area (Å²) in [7, 11) is 0. The van der Waals surface area contributed by atoms with Crippen molar-refractivity contribution in [1.29, 1.82) is 5.26 Å². The molecule has 7 heteroatoms. The monoisotopic (exact) mass is 356 g/mol. The molecule has 0 saturated carbocycles. The van der Waals surface area contributed by atoms with E-state index in [0.717, 1.165) is 44.3 Å². The van der Waals surface area contributed by atoms with Crippen molar-refractivity contribution in [1.82, 2.24) is 10.2 Å². The zero-order valence-electron chi connectivity index (χ0n) is 14.4. The first kappa shape index (κ1) is 18.0. The van der Waals surface area contributed by atoms with E-state index in [9.17, 15) is 9.18 Å². The minimum atomic E-state index is -0.624. The number of rotatable bonds is 5. The van der Waals surface area contributed by atoms with Crippen LogP contribution in [0.4, 0.5) is 14.9 Å². The molecule has 136 valence electrons. The second-order valence-electron chi connectivity index (χ2n) is 6.46. The van der Waals surface area contributed by atoms with Crippen LogP contribution in [0.15, 0.2) is 41.0 Å². The molecule has 1 aromatic heterocycles. The van der Waals surface area contributed by atoms with Gasteiger partial charge < -0.3 is 15.1 Å². The predicted octanol–water partition coefficient (Wildman–Crippen LogP) is 3.32. The Balaban J connectivity index is 1.46. The second kappa shape index (κ2) is 8.50. The van der Waals surface area contributed by atoms with Crippen LogP contribution in [0.1, 0.15) is 24.2 Å². The van der Waals surface area contributed by atoms with Gasteiger partial charge in [0, 0.05) is 13.1 Å². The first-order valence-corrected chi connectivity index (χ1v) is 8.63. The Bertz CT molecular complexity index is 785. The highest BCUT2D eigenvalue weighted by molar-refractivity contribution is 5.89. The lowest BCUT2D eigenvalue weighted by Gasteiger charge is -2.32. The van der Waals surface area contributed by atoms with Gasteiger partial charge in [-0.3, -0.25) is 4.90 Å². The number of nitriles is 1. The van der Waals surface area contributed by atoms with Crippen LogP contribution < -0.4 is 10.6 Å². The van der Waals surface area contributed by atoms with Gasteiger partial charge in [-0.15, -0.1) is 0 Å². The third kappa shape index (κ3) is 4.83. The van der Waals surface area contributed by atoms with Gasteiger partial charge in [0.2, 0.25) is 0 Å². The molecular formula is C19H21FN4O2. The van der Waals surface area contributed by atoms with Gasteiger partial charge in [-0.25, -0.2) is 9.18 Å². The van der Waals surface area contributed by atoms with Crippen molar-refractivity contribution in [2.75, 3.05) is 25.0 Å². The van der Waals surface area contributed by atoms with Crippen LogP contribution in [0.3, 0.4) is 0 Å². The quantitative estimate of drug-likeness (QED) is 0.861. The fraction of sp³-hybridized carbons (Fsp3) is 0.368. The number of anilines is 1. The van der Waals surface area contributed by atoms with Crippen molar-refractivity contribution in [3.8, 4) is 6.07 Å². The maximum Gasteiger partial charge on any atom is 0.319 e. The summed E-state index contributed by atoms with van der Waals surface area (Å²) in [5.74, 6) is 0.657. The highest BCUT2D eigenvalue weighted by Crippen LogP contribution is 2.19. The fourth-order valence-corrected chi connectivity index (χ4v) is 3.17. The Morgan fingerprint density at radius 2 is 2.31 bits per heavy atom. The molecule has 6 nitrogen and oxygen atoms in total. The van der Waals surface area contributed by atoms with Gasteiger partial charge in [0.25, 0.3) is 0 Å². The van der Waals surface area contributed by atoms with Crippen LogP contribution in [0.25, 0.3) is 0 Å². The maximum atomic E-state index is 13.8. The molecule has 1 aromatic carbocycles. The Hall–Kier alpha value is -2.85. The van der Waals surface area contributed by atoms with Crippen LogP contribution in [-0.2, 0) is 6.54 Å². The van der Waals surface area contributed by atoms with Gasteiger partial charge >= 0.3 is 6.03 Å². The van der Waals surface area contributed by atoms with E-state index in [1.54, 1.807) is 6.26 Å². The normalized spacial score (nSPS) is 17.5. The topological polar surface area (TPSA) is 81.3 Å². The number of furan rings is 1. The van der Waals surface area contributed by atoms with Crippen LogP contribution >= 0.6 is 0 Å². The molecule has 2 amide bonds. The summed E-state index contributed by atoms with van der Waals surface area (Å²) >= 11 is 0. The molecular weight excluding hydrogens is 335 g/mol. The third-order valence-electron chi connectivity index (χ3n) is 4.46. The molecule has 2 N–H and O–H groups in total. The summed E-state index contributed by atoms with van der Waals surface area (Å²) in [4.78, 5) is 14.3. The summed E-state index contributed by atoms with van der Waals surface area (Å²) in [6, 6.07) is 9.20. The van der Waals surface area contributed by atoms with E-state index in [-0.39, 0.29) is 11.3 Å². The molecule has 26 heavy (non-hydrogen) atoms. The molecule has 1 aliphatic heterocycles. The van der Waals surface area contributed by atoms with Crippen molar-refractivity contribution in [2.24, 2.45) is 5.92 Å². The number of carbonyl (C=O) groups excluding carboxylic acids is 1. The Morgan fingerprint density at radius 1 is 1.42 bits per heavy atom. The average Bonchev–Trinajstić information content (AvgIpc) is 3.15. The number of nitrogens with zero attached hydrogens (tertiary/aromatic N) is 2. The number of benzene rings is 1. The summed E-state index contributed by atoms with van der Waals surface area (Å²) in [6.07, 6.45) is 3.78. The molecule has 2 heterocycles. The van der Waals surface area contributed by atoms with Crippen LogP contribution in [-0.4, -0.2) is 30.6 Å². The summed E-state index contributed by atoms with van der Waals surface area (Å²) < 4.78 is 19.2. The summed E-state index contributed by atoms with van der Waals surface area (Å²) in [5, 5.41) is 14.0. The van der Waals surface area contributed by atoms with Crippen LogP contribution in [0.5, 0.6) is 0 Å². The lowest BCUT2D eigenvalue weighted by Crippen LogP contribution is -2.41. The van der Waals surface area contributed by atoms with Crippen molar-refractivity contribution in [3.63, 3.8) is 0 Å². The minimum Gasteiger partial charge on any atom is -0.468 e. The van der Waals surface area contributed by atoms with Gasteiger partial charge in [0.1, 0.15) is 11.6 Å². The number of halogens is 1. The standard InChI is InChI=1S/C19H21FN4O2/c20-17-9-14(10-21)5-6-18(17)23-19(25)22-11-15-3-1-7-24(12-15)13-16-4-2-8-26-16/h2,4-6,8-9,15H,1,3,7,11-13H2,(H2,22,23,25)/t15-/m1/s1. The van der Waals surface area contributed by atoms with Crippen molar-refractivity contribution >= 4 is 11.7 Å². The second-order valence-corrected chi connectivity index (χ2v) is 6.46. The average molecular weight is 356 g/mol. The zero-order chi connectivity index (χ0) is 18.4. The Morgan fingerprint density at radius 3 is 3.04 bits per heavy atom. The smallest absolute Gasteiger partial charge is 0.319 e. The molecule has 0 spiro atoms. The molecule has 2 aromatic rings. The number of piperidine rings is 1. The van der Waals surface area contributed by atoms with Crippen LogP contribution in [0.2, 0.25) is 0 Å². The maximum absolute atomic E-state index is 13.8. The van der Waals surface area contributed by atoms with Crippen molar-refractivity contribution < 1.29 is 13.6 Å². The molecule has 3 rings (SSSR count). The highest BCUT2D eigenvalue weighted by Gasteiger charge is 2.21. The first-order valence-electron chi connectivity index (χ1n) is 8.63. The number of likely N-dealkylation sites (tertiary alicyclic amines) is 1. The molecule has 1 fully saturated rings. The zero-order valence-corrected chi connectivity index (χ0v) is 14.4. The van der Waals surface area contributed by atoms with E-state index < -0.39 is 11.8 Å². The van der Waals surface area contributed by atoms with E-state index >= 15 is 0 Å². The number of amides is 2. The van der Waals surface area contributed by atoms with Gasteiger partial charge in [0.05, 0.1) is 30.1 Å². The van der Waals surface area contributed by atoms with E-state index in [4.69, 9.17) is 9.68 Å². The number of carbonyl (C=O) groups is 1. The van der Waals surface area contributed by atoms with Gasteiger partial charge in [0.15, 0.2) is 0 Å². The predicted molar refractivity (Wildman–Crippen MR) is 94.8 cm³/mol. The van der Waals surface area contributed by atoms with Gasteiger partial charge in [-0.2, -0.15) is 5.26 Å². The molecule has 1 aliphatic rings. The van der Waals surface area contributed by atoms with E-state index in [1.807, 2.05) is 18.2 Å². The first-order chi connectivity index (χ1) is 12.6. The number of hydrogen-bond donors (Lipinski definition) is 2. The largest absolute Gasteiger partial charge is 0.468 e. The number of hydrogen-bond acceptors (Lipinski definition) is 4. The molecule has 1 saturated heterocycles. The molecule has 0 radical (unpaired) electrons. The minimum absolute atomic E-state index is 0.0598. The molecule has 0 aliphatic carbocycles. The fourth-order valence-electron chi connectivity index (χ4n) is 3.17. The van der Waals surface area contributed by atoms with E-state index in [2.05, 4.69) is 15.5 Å². The molecule has 0 unspecified atom stereocenters. The lowest BCUT2D eigenvalue weighted by molar-refractivity contribution is 0.156. The third-order valence-corrected chi connectivity index (χ3v) is 4.46. The summed E-state index contributed by atoms with van der Waals surface area (Å²) in [6.45, 7) is 3.19.